The molecular weight excluding hydrogens is 300 g/mol. The van der Waals surface area contributed by atoms with Gasteiger partial charge in [0, 0.05) is 31.0 Å². The van der Waals surface area contributed by atoms with Crippen molar-refractivity contribution in [2.24, 2.45) is 0 Å². The van der Waals surface area contributed by atoms with Gasteiger partial charge in [0.15, 0.2) is 0 Å². The molecule has 5 heteroatoms. The van der Waals surface area contributed by atoms with E-state index in [-0.39, 0.29) is 6.61 Å². The minimum atomic E-state index is 0.0860. The Labute approximate surface area is 142 Å². The van der Waals surface area contributed by atoms with E-state index in [2.05, 4.69) is 64.6 Å². The summed E-state index contributed by atoms with van der Waals surface area (Å²) in [6.07, 6.45) is 4.27. The molecule has 3 aromatic rings. The Bertz CT molecular complexity index is 789. The summed E-state index contributed by atoms with van der Waals surface area (Å²) in [5.74, 6) is 0.984. The third kappa shape index (κ3) is 3.68. The summed E-state index contributed by atoms with van der Waals surface area (Å²) in [7, 11) is 0. The molecule has 0 aliphatic carbocycles. The van der Waals surface area contributed by atoms with Crippen molar-refractivity contribution in [3.8, 4) is 0 Å². The van der Waals surface area contributed by atoms with Crippen LogP contribution in [0.15, 0.2) is 48.8 Å². The Kier molecular flexibility index (Phi) is 5.01. The fraction of sp³-hybridized carbons (Fsp3) is 0.316. The van der Waals surface area contributed by atoms with Crippen LogP contribution in [0.2, 0.25) is 0 Å². The van der Waals surface area contributed by atoms with Crippen molar-refractivity contribution in [2.75, 3.05) is 11.9 Å². The van der Waals surface area contributed by atoms with E-state index in [9.17, 15) is 5.11 Å². The molecular formula is C19H24N4O. The van der Waals surface area contributed by atoms with E-state index in [1.807, 2.05) is 17.7 Å². The molecule has 0 radical (unpaired) electrons. The van der Waals surface area contributed by atoms with Gasteiger partial charge in [-0.3, -0.25) is 0 Å². The van der Waals surface area contributed by atoms with Gasteiger partial charge in [0.2, 0.25) is 0 Å². The van der Waals surface area contributed by atoms with Crippen LogP contribution in [-0.2, 0) is 19.6 Å². The number of aliphatic hydroxyl groups is 1. The summed E-state index contributed by atoms with van der Waals surface area (Å²) in [6, 6.07) is 12.6. The fourth-order valence-electron chi connectivity index (χ4n) is 2.82. The lowest BCUT2D eigenvalue weighted by molar-refractivity contribution is 0.270. The van der Waals surface area contributed by atoms with Crippen molar-refractivity contribution in [3.05, 3.63) is 71.2 Å². The Balaban J connectivity index is 1.66. The van der Waals surface area contributed by atoms with Crippen molar-refractivity contribution in [2.45, 2.75) is 33.5 Å². The monoisotopic (exact) mass is 324 g/mol. The van der Waals surface area contributed by atoms with Gasteiger partial charge in [-0.25, -0.2) is 4.68 Å². The molecule has 5 nitrogen and oxygen atoms in total. The quantitative estimate of drug-likeness (QED) is 0.702. The zero-order valence-electron chi connectivity index (χ0n) is 14.2. The van der Waals surface area contributed by atoms with Gasteiger partial charge in [-0.1, -0.05) is 30.3 Å². The van der Waals surface area contributed by atoms with Gasteiger partial charge in [-0.05, 0) is 31.0 Å². The summed E-state index contributed by atoms with van der Waals surface area (Å²) in [5, 5.41) is 17.1. The number of hydrogen-bond donors (Lipinski definition) is 2. The lowest BCUT2D eigenvalue weighted by Gasteiger charge is -2.09. The van der Waals surface area contributed by atoms with Crippen LogP contribution in [0, 0.1) is 13.8 Å². The maximum absolute atomic E-state index is 9.18. The smallest absolute Gasteiger partial charge is 0.127 e. The molecule has 1 aromatic carbocycles. The van der Waals surface area contributed by atoms with Crippen molar-refractivity contribution in [1.82, 2.24) is 14.3 Å². The molecule has 2 heterocycles. The van der Waals surface area contributed by atoms with E-state index >= 15 is 0 Å². The van der Waals surface area contributed by atoms with E-state index in [1.165, 1.54) is 11.1 Å². The molecule has 0 aliphatic heterocycles. The Hall–Kier alpha value is -2.53. The first-order chi connectivity index (χ1) is 11.7. The Morgan fingerprint density at radius 2 is 1.88 bits per heavy atom. The molecule has 2 N–H and O–H groups in total. The van der Waals surface area contributed by atoms with Crippen LogP contribution in [-0.4, -0.2) is 26.1 Å². The molecule has 0 saturated carbocycles. The van der Waals surface area contributed by atoms with Crippen molar-refractivity contribution < 1.29 is 5.11 Å². The summed E-state index contributed by atoms with van der Waals surface area (Å²) in [4.78, 5) is 0. The van der Waals surface area contributed by atoms with Crippen LogP contribution in [0.4, 0.5) is 5.82 Å². The van der Waals surface area contributed by atoms with Crippen LogP contribution >= 0.6 is 0 Å². The molecule has 126 valence electrons. The lowest BCUT2D eigenvalue weighted by Crippen LogP contribution is -2.10. The number of rotatable bonds is 7. The first-order valence-corrected chi connectivity index (χ1v) is 8.24. The minimum Gasteiger partial charge on any atom is -0.394 e. The Morgan fingerprint density at radius 1 is 1.08 bits per heavy atom. The van der Waals surface area contributed by atoms with Gasteiger partial charge in [0.1, 0.15) is 5.82 Å². The number of benzene rings is 1. The third-order valence-corrected chi connectivity index (χ3v) is 4.22. The predicted octanol–water partition coefficient (Wildman–Crippen LogP) is 2.95. The highest BCUT2D eigenvalue weighted by Gasteiger charge is 2.11. The zero-order valence-corrected chi connectivity index (χ0v) is 14.2. The molecule has 0 aliphatic rings. The fourth-order valence-corrected chi connectivity index (χ4v) is 2.82. The van der Waals surface area contributed by atoms with Gasteiger partial charge >= 0.3 is 0 Å². The summed E-state index contributed by atoms with van der Waals surface area (Å²) in [5.41, 5.74) is 4.64. The second-order valence-electron chi connectivity index (χ2n) is 6.04. The first-order valence-electron chi connectivity index (χ1n) is 8.24. The molecule has 0 saturated heterocycles. The van der Waals surface area contributed by atoms with Gasteiger partial charge in [0.25, 0.3) is 0 Å². The largest absolute Gasteiger partial charge is 0.394 e. The minimum absolute atomic E-state index is 0.0860. The molecule has 2 aromatic heterocycles. The summed E-state index contributed by atoms with van der Waals surface area (Å²) < 4.78 is 4.03. The number of nitrogens with zero attached hydrogens (tertiary/aromatic N) is 3. The molecule has 0 fully saturated rings. The number of anilines is 1. The summed E-state index contributed by atoms with van der Waals surface area (Å²) >= 11 is 0. The third-order valence-electron chi connectivity index (χ3n) is 4.22. The highest BCUT2D eigenvalue weighted by Crippen LogP contribution is 2.19. The average Bonchev–Trinajstić information content (AvgIpc) is 3.13. The van der Waals surface area contributed by atoms with Crippen molar-refractivity contribution in [3.63, 3.8) is 0 Å². The normalized spacial score (nSPS) is 11.0. The van der Waals surface area contributed by atoms with Crippen molar-refractivity contribution >= 4 is 5.82 Å². The van der Waals surface area contributed by atoms with Crippen LogP contribution < -0.4 is 5.32 Å². The highest BCUT2D eigenvalue weighted by atomic mass is 16.3. The number of hydrogen-bond acceptors (Lipinski definition) is 3. The lowest BCUT2D eigenvalue weighted by atomic mass is 10.2. The maximum atomic E-state index is 9.18. The first kappa shape index (κ1) is 16.3. The van der Waals surface area contributed by atoms with E-state index in [4.69, 9.17) is 0 Å². The highest BCUT2D eigenvalue weighted by molar-refractivity contribution is 5.47. The predicted molar refractivity (Wildman–Crippen MR) is 96.1 cm³/mol. The van der Waals surface area contributed by atoms with Gasteiger partial charge < -0.3 is 15.0 Å². The molecule has 0 atom stereocenters. The van der Waals surface area contributed by atoms with Crippen molar-refractivity contribution in [1.29, 1.82) is 0 Å². The molecule has 3 rings (SSSR count). The molecule has 0 amide bonds. The zero-order chi connectivity index (χ0) is 16.9. The average molecular weight is 324 g/mol. The van der Waals surface area contributed by atoms with E-state index in [0.717, 1.165) is 30.2 Å². The number of nitrogens with one attached hydrogen (secondary N) is 1. The van der Waals surface area contributed by atoms with E-state index in [1.54, 1.807) is 0 Å². The van der Waals surface area contributed by atoms with E-state index < -0.39 is 0 Å². The van der Waals surface area contributed by atoms with Gasteiger partial charge in [-0.2, -0.15) is 5.10 Å². The SMILES string of the molecule is Cc1nn(CCO)c(NCc2ccn(Cc3ccccc3)c2)c1C. The van der Waals surface area contributed by atoms with Crippen LogP contribution in [0.25, 0.3) is 0 Å². The van der Waals surface area contributed by atoms with Gasteiger partial charge in [-0.15, -0.1) is 0 Å². The molecule has 24 heavy (non-hydrogen) atoms. The standard InChI is InChI=1S/C19H24N4O/c1-15-16(2)21-23(10-11-24)19(15)20-12-18-8-9-22(14-18)13-17-6-4-3-5-7-17/h3-9,14,20,24H,10-13H2,1-2H3. The number of aromatic nitrogens is 3. The van der Waals surface area contributed by atoms with Crippen LogP contribution in [0.5, 0.6) is 0 Å². The molecule has 0 bridgehead atoms. The Morgan fingerprint density at radius 3 is 2.62 bits per heavy atom. The molecule has 0 spiro atoms. The topological polar surface area (TPSA) is 55.0 Å². The van der Waals surface area contributed by atoms with Crippen LogP contribution in [0.1, 0.15) is 22.4 Å². The van der Waals surface area contributed by atoms with Crippen LogP contribution in [0.3, 0.4) is 0 Å². The number of aryl methyl sites for hydroxylation is 1. The maximum Gasteiger partial charge on any atom is 0.127 e. The summed E-state index contributed by atoms with van der Waals surface area (Å²) in [6.45, 7) is 6.25. The second kappa shape index (κ2) is 7.36. The second-order valence-corrected chi connectivity index (χ2v) is 6.04. The van der Waals surface area contributed by atoms with E-state index in [0.29, 0.717) is 6.54 Å². The molecule has 0 unspecified atom stereocenters. The number of aliphatic hydroxyl groups excluding tert-OH is 1. The van der Waals surface area contributed by atoms with Gasteiger partial charge in [0.05, 0.1) is 18.8 Å².